The molecule has 0 fully saturated rings. The Morgan fingerprint density at radius 2 is 1.92 bits per heavy atom. The molecular formula is C18H11ClF2N4S. The van der Waals surface area contributed by atoms with Gasteiger partial charge < -0.3 is 9.71 Å². The molecule has 0 saturated carbocycles. The molecule has 4 aromatic rings. The van der Waals surface area contributed by atoms with Gasteiger partial charge in [0.1, 0.15) is 11.5 Å². The van der Waals surface area contributed by atoms with Gasteiger partial charge in [-0.3, -0.25) is 0 Å². The SMILES string of the molecule is Fc1cnc(-c2nc3ccc(SNc4ccccc4Cl)cc3[nH]2)c(F)c1. The van der Waals surface area contributed by atoms with Crippen LogP contribution in [0.1, 0.15) is 0 Å². The number of nitrogens with one attached hydrogen (secondary N) is 2. The third-order valence-electron chi connectivity index (χ3n) is 3.64. The zero-order valence-corrected chi connectivity index (χ0v) is 14.7. The third-order valence-corrected chi connectivity index (χ3v) is 4.78. The van der Waals surface area contributed by atoms with Crippen LogP contribution in [0, 0.1) is 11.6 Å². The number of pyridine rings is 1. The van der Waals surface area contributed by atoms with E-state index in [9.17, 15) is 8.78 Å². The number of imidazole rings is 1. The van der Waals surface area contributed by atoms with E-state index in [-0.39, 0.29) is 11.5 Å². The molecule has 0 unspecified atom stereocenters. The molecule has 0 atom stereocenters. The maximum absolute atomic E-state index is 13.9. The van der Waals surface area contributed by atoms with Gasteiger partial charge in [-0.25, -0.2) is 18.7 Å². The lowest BCUT2D eigenvalue weighted by Gasteiger charge is -2.06. The van der Waals surface area contributed by atoms with Crippen molar-refractivity contribution in [1.82, 2.24) is 15.0 Å². The molecule has 2 N–H and O–H groups in total. The van der Waals surface area contributed by atoms with E-state index in [2.05, 4.69) is 19.7 Å². The highest BCUT2D eigenvalue weighted by molar-refractivity contribution is 8.00. The first-order chi connectivity index (χ1) is 12.6. The van der Waals surface area contributed by atoms with Gasteiger partial charge in [0.25, 0.3) is 0 Å². The highest BCUT2D eigenvalue weighted by Gasteiger charge is 2.13. The second-order valence-electron chi connectivity index (χ2n) is 5.43. The summed E-state index contributed by atoms with van der Waals surface area (Å²) in [6, 6.07) is 13.8. The minimum absolute atomic E-state index is 0.0222. The molecule has 2 heterocycles. The predicted octanol–water partition coefficient (Wildman–Crippen LogP) is 5.68. The Labute approximate surface area is 156 Å². The molecule has 0 radical (unpaired) electrons. The second kappa shape index (κ2) is 6.93. The summed E-state index contributed by atoms with van der Waals surface area (Å²) in [5, 5.41) is 0.628. The largest absolute Gasteiger partial charge is 0.337 e. The van der Waals surface area contributed by atoms with Gasteiger partial charge in [0.05, 0.1) is 27.9 Å². The summed E-state index contributed by atoms with van der Waals surface area (Å²) in [6.45, 7) is 0. The number of fused-ring (bicyclic) bond motifs is 1. The summed E-state index contributed by atoms with van der Waals surface area (Å²) in [7, 11) is 0. The number of hydrogen-bond donors (Lipinski definition) is 2. The van der Waals surface area contributed by atoms with Gasteiger partial charge in [0.2, 0.25) is 0 Å². The first-order valence-electron chi connectivity index (χ1n) is 7.59. The van der Waals surface area contributed by atoms with Gasteiger partial charge in [-0.15, -0.1) is 0 Å². The highest BCUT2D eigenvalue weighted by Crippen LogP contribution is 2.29. The highest BCUT2D eigenvalue weighted by atomic mass is 35.5. The van der Waals surface area contributed by atoms with Crippen molar-refractivity contribution in [2.75, 3.05) is 4.72 Å². The van der Waals surface area contributed by atoms with E-state index >= 15 is 0 Å². The van der Waals surface area contributed by atoms with E-state index in [4.69, 9.17) is 11.6 Å². The Bertz CT molecular complexity index is 1100. The molecule has 2 aromatic carbocycles. The Morgan fingerprint density at radius 3 is 2.73 bits per heavy atom. The summed E-state index contributed by atoms with van der Waals surface area (Å²) in [6.07, 6.45) is 0.959. The zero-order valence-electron chi connectivity index (χ0n) is 13.1. The van der Waals surface area contributed by atoms with Crippen molar-refractivity contribution in [1.29, 1.82) is 0 Å². The van der Waals surface area contributed by atoms with E-state index in [0.717, 1.165) is 28.4 Å². The molecule has 0 aliphatic heterocycles. The lowest BCUT2D eigenvalue weighted by molar-refractivity contribution is 0.575. The van der Waals surface area contributed by atoms with Crippen LogP contribution in [0.5, 0.6) is 0 Å². The van der Waals surface area contributed by atoms with Crippen LogP contribution in [0.25, 0.3) is 22.6 Å². The van der Waals surface area contributed by atoms with Crippen molar-refractivity contribution in [3.63, 3.8) is 0 Å². The minimum Gasteiger partial charge on any atom is -0.337 e. The van der Waals surface area contributed by atoms with Crippen LogP contribution in [0.15, 0.2) is 59.6 Å². The van der Waals surface area contributed by atoms with Gasteiger partial charge in [-0.05, 0) is 42.3 Å². The summed E-state index contributed by atoms with van der Waals surface area (Å²) in [5.74, 6) is -1.25. The van der Waals surface area contributed by atoms with Crippen molar-refractivity contribution >= 4 is 40.3 Å². The number of rotatable bonds is 4. The van der Waals surface area contributed by atoms with Crippen molar-refractivity contribution in [3.05, 3.63) is 71.4 Å². The Kier molecular flexibility index (Phi) is 4.48. The number of nitrogens with zero attached hydrogens (tertiary/aromatic N) is 2. The van der Waals surface area contributed by atoms with Crippen LogP contribution in [0.4, 0.5) is 14.5 Å². The fraction of sp³-hybridized carbons (Fsp3) is 0. The fourth-order valence-corrected chi connectivity index (χ4v) is 3.37. The molecular weight excluding hydrogens is 378 g/mol. The fourth-order valence-electron chi connectivity index (χ4n) is 2.41. The van der Waals surface area contributed by atoms with Crippen LogP contribution in [0.2, 0.25) is 5.02 Å². The van der Waals surface area contributed by atoms with Gasteiger partial charge in [0.15, 0.2) is 11.6 Å². The van der Waals surface area contributed by atoms with Crippen LogP contribution < -0.4 is 4.72 Å². The number of anilines is 1. The molecule has 0 saturated heterocycles. The van der Waals surface area contributed by atoms with Crippen molar-refractivity contribution in [2.45, 2.75) is 4.90 Å². The molecule has 2 aromatic heterocycles. The lowest BCUT2D eigenvalue weighted by atomic mass is 10.3. The third kappa shape index (κ3) is 3.36. The van der Waals surface area contributed by atoms with E-state index < -0.39 is 11.6 Å². The first-order valence-corrected chi connectivity index (χ1v) is 8.78. The number of aromatic nitrogens is 3. The topological polar surface area (TPSA) is 53.6 Å². The monoisotopic (exact) mass is 388 g/mol. The second-order valence-corrected chi connectivity index (χ2v) is 6.72. The van der Waals surface area contributed by atoms with E-state index in [0.29, 0.717) is 10.5 Å². The van der Waals surface area contributed by atoms with Crippen LogP contribution in [0.3, 0.4) is 0 Å². The molecule has 4 nitrogen and oxygen atoms in total. The van der Waals surface area contributed by atoms with Crippen LogP contribution in [-0.4, -0.2) is 15.0 Å². The molecule has 26 heavy (non-hydrogen) atoms. The quantitative estimate of drug-likeness (QED) is 0.442. The number of hydrogen-bond acceptors (Lipinski definition) is 4. The van der Waals surface area contributed by atoms with Gasteiger partial charge in [0, 0.05) is 11.0 Å². The van der Waals surface area contributed by atoms with Crippen LogP contribution in [-0.2, 0) is 0 Å². The maximum atomic E-state index is 13.9. The summed E-state index contributed by atoms with van der Waals surface area (Å²) < 4.78 is 30.1. The van der Waals surface area contributed by atoms with Gasteiger partial charge in [-0.2, -0.15) is 0 Å². The van der Waals surface area contributed by atoms with E-state index in [1.54, 1.807) is 6.07 Å². The molecule has 0 spiro atoms. The molecule has 0 amide bonds. The number of para-hydroxylation sites is 1. The first kappa shape index (κ1) is 16.8. The number of halogens is 3. The Hall–Kier alpha value is -2.64. The number of H-pyrrole nitrogens is 1. The summed E-state index contributed by atoms with van der Waals surface area (Å²) in [4.78, 5) is 12.0. The molecule has 8 heteroatoms. The maximum Gasteiger partial charge on any atom is 0.160 e. The Morgan fingerprint density at radius 1 is 1.08 bits per heavy atom. The van der Waals surface area contributed by atoms with E-state index in [1.807, 2.05) is 36.4 Å². The smallest absolute Gasteiger partial charge is 0.160 e. The number of benzene rings is 2. The summed E-state index contributed by atoms with van der Waals surface area (Å²) >= 11 is 7.51. The van der Waals surface area contributed by atoms with Crippen molar-refractivity contribution in [2.24, 2.45) is 0 Å². The van der Waals surface area contributed by atoms with Gasteiger partial charge in [-0.1, -0.05) is 23.7 Å². The molecule has 0 bridgehead atoms. The molecule has 0 aliphatic carbocycles. The van der Waals surface area contributed by atoms with E-state index in [1.165, 1.54) is 11.9 Å². The minimum atomic E-state index is -0.765. The zero-order chi connectivity index (χ0) is 18.1. The normalized spacial score (nSPS) is 11.0. The number of aromatic amines is 1. The molecule has 130 valence electrons. The van der Waals surface area contributed by atoms with Gasteiger partial charge >= 0.3 is 0 Å². The van der Waals surface area contributed by atoms with Crippen molar-refractivity contribution in [3.8, 4) is 11.5 Å². The standard InChI is InChI=1S/C18H11ClF2N4S/c19-12-3-1-2-4-14(12)25-26-11-5-6-15-16(8-11)24-18(23-15)17-13(21)7-10(20)9-22-17/h1-9,25H,(H,23,24). The average Bonchev–Trinajstić information content (AvgIpc) is 3.04. The molecule has 0 aliphatic rings. The molecule has 4 rings (SSSR count). The summed E-state index contributed by atoms with van der Waals surface area (Å²) in [5.41, 5.74) is 2.16. The predicted molar refractivity (Wildman–Crippen MR) is 100 cm³/mol. The van der Waals surface area contributed by atoms with Crippen molar-refractivity contribution < 1.29 is 8.78 Å². The Balaban J connectivity index is 1.60. The van der Waals surface area contributed by atoms with Crippen LogP contribution >= 0.6 is 23.5 Å². The average molecular weight is 389 g/mol. The lowest BCUT2D eigenvalue weighted by Crippen LogP contribution is -1.92.